The molecule has 11 nitrogen and oxygen atoms in total. The number of ether oxygens (including phenoxy) is 1. The summed E-state index contributed by atoms with van der Waals surface area (Å²) in [5.41, 5.74) is 1.65. The van der Waals surface area contributed by atoms with Crippen molar-refractivity contribution >= 4 is 31.6 Å². The summed E-state index contributed by atoms with van der Waals surface area (Å²) in [6, 6.07) is 11.6. The van der Waals surface area contributed by atoms with Crippen LogP contribution in [0.5, 0.6) is 5.75 Å². The molecule has 2 aromatic carbocycles. The maximum atomic E-state index is 14.5. The van der Waals surface area contributed by atoms with Gasteiger partial charge in [-0.1, -0.05) is 26.2 Å². The SMILES string of the molecule is COc1cc(F)ccc1N1CCN(S(=O)(=O)N2CCCN([C@@H](C)C3CCCCC3)CCCN(S(=O)(=O)c3ccc(N(C)C)cc3)C[C@H](C)C2)C[C@H]1C. The van der Waals surface area contributed by atoms with Gasteiger partial charge in [-0.05, 0) is 101 Å². The lowest BCUT2D eigenvalue weighted by Crippen LogP contribution is -2.57. The van der Waals surface area contributed by atoms with Crippen LogP contribution in [0.25, 0.3) is 0 Å². The van der Waals surface area contributed by atoms with Crippen molar-refractivity contribution < 1.29 is 26.0 Å². The van der Waals surface area contributed by atoms with Crippen LogP contribution in [0.1, 0.15) is 65.7 Å². The van der Waals surface area contributed by atoms with E-state index in [1.165, 1.54) is 51.3 Å². The van der Waals surface area contributed by atoms with Gasteiger partial charge in [0.25, 0.3) is 10.2 Å². The maximum Gasteiger partial charge on any atom is 0.282 e. The Morgan fingerprint density at radius 1 is 0.769 bits per heavy atom. The standard InChI is InChI=1S/C38H61FN6O5S2/c1-30-27-42(51(46,47)36-17-15-35(16-18-36)40(4)5)22-10-20-41(32(3)33-12-8-7-9-13-33)21-11-23-43(28-30)52(48,49)44-24-25-45(31(2)29-44)37-19-14-34(39)26-38(37)50-6/h14-19,26,30-33H,7-13,20-25,27-29H2,1-6H3/t30-,31+,32-/m0/s1. The summed E-state index contributed by atoms with van der Waals surface area (Å²) in [4.78, 5) is 6.74. The average molecular weight is 765 g/mol. The molecule has 14 heteroatoms. The molecule has 2 aliphatic heterocycles. The van der Waals surface area contributed by atoms with E-state index < -0.39 is 20.2 Å². The first-order valence-corrected chi connectivity index (χ1v) is 21.9. The number of benzene rings is 2. The van der Waals surface area contributed by atoms with Gasteiger partial charge in [0, 0.05) is 83.7 Å². The van der Waals surface area contributed by atoms with Gasteiger partial charge >= 0.3 is 0 Å². The zero-order valence-electron chi connectivity index (χ0n) is 32.1. The third kappa shape index (κ3) is 9.59. The number of nitrogens with zero attached hydrogens (tertiary/aromatic N) is 6. The molecular formula is C38H61FN6O5S2. The third-order valence-corrected chi connectivity index (χ3v) is 15.2. The highest BCUT2D eigenvalue weighted by atomic mass is 32.2. The van der Waals surface area contributed by atoms with Gasteiger partial charge < -0.3 is 19.4 Å². The number of hydrogen-bond acceptors (Lipinski definition) is 8. The summed E-state index contributed by atoms with van der Waals surface area (Å²) < 4.78 is 81.6. The minimum atomic E-state index is -3.89. The molecule has 5 rings (SSSR count). The van der Waals surface area contributed by atoms with Crippen molar-refractivity contribution in [1.82, 2.24) is 17.8 Å². The van der Waals surface area contributed by atoms with Gasteiger partial charge in [-0.25, -0.2) is 12.8 Å². The van der Waals surface area contributed by atoms with E-state index in [4.69, 9.17) is 4.74 Å². The molecule has 1 saturated carbocycles. The largest absolute Gasteiger partial charge is 0.494 e. The smallest absolute Gasteiger partial charge is 0.282 e. The Labute approximate surface area is 312 Å². The van der Waals surface area contributed by atoms with Crippen molar-refractivity contribution in [3.05, 3.63) is 48.3 Å². The van der Waals surface area contributed by atoms with Gasteiger partial charge in [0.05, 0.1) is 17.7 Å². The highest BCUT2D eigenvalue weighted by molar-refractivity contribution is 7.89. The Bertz CT molecular complexity index is 1670. The molecule has 3 aliphatic rings. The lowest BCUT2D eigenvalue weighted by atomic mass is 9.84. The topological polar surface area (TPSA) is 97.0 Å². The van der Waals surface area contributed by atoms with E-state index in [1.54, 1.807) is 31.1 Å². The van der Waals surface area contributed by atoms with Crippen LogP contribution in [0, 0.1) is 17.7 Å². The van der Waals surface area contributed by atoms with E-state index >= 15 is 0 Å². The van der Waals surface area contributed by atoms with Crippen molar-refractivity contribution in [1.29, 1.82) is 0 Å². The van der Waals surface area contributed by atoms with Gasteiger partial charge in [0.1, 0.15) is 11.6 Å². The molecular weight excluding hydrogens is 704 g/mol. The van der Waals surface area contributed by atoms with Gasteiger partial charge in [-0.15, -0.1) is 0 Å². The highest BCUT2D eigenvalue weighted by Crippen LogP contribution is 2.33. The summed E-state index contributed by atoms with van der Waals surface area (Å²) in [5.74, 6) is 0.373. The van der Waals surface area contributed by atoms with Gasteiger partial charge in [0.2, 0.25) is 10.0 Å². The van der Waals surface area contributed by atoms with Gasteiger partial charge in [-0.2, -0.15) is 21.3 Å². The zero-order valence-corrected chi connectivity index (χ0v) is 33.7. The van der Waals surface area contributed by atoms with Crippen LogP contribution in [0.4, 0.5) is 15.8 Å². The first kappa shape index (κ1) is 40.7. The lowest BCUT2D eigenvalue weighted by molar-refractivity contribution is 0.119. The second-order valence-electron chi connectivity index (χ2n) is 15.3. The number of rotatable bonds is 9. The fraction of sp³-hybridized carbons (Fsp3) is 0.684. The van der Waals surface area contributed by atoms with Crippen LogP contribution in [0.2, 0.25) is 0 Å². The van der Waals surface area contributed by atoms with E-state index in [-0.39, 0.29) is 48.9 Å². The van der Waals surface area contributed by atoms with Crippen LogP contribution in [-0.4, -0.2) is 127 Å². The first-order chi connectivity index (χ1) is 24.7. The van der Waals surface area contributed by atoms with Gasteiger partial charge in [-0.3, -0.25) is 0 Å². The summed E-state index contributed by atoms with van der Waals surface area (Å²) in [6.45, 7) is 9.87. The molecule has 3 atom stereocenters. The van der Waals surface area contributed by atoms with Crippen LogP contribution < -0.4 is 14.5 Å². The number of anilines is 2. The van der Waals surface area contributed by atoms with E-state index in [0.29, 0.717) is 50.2 Å². The van der Waals surface area contributed by atoms with Crippen molar-refractivity contribution in [2.45, 2.75) is 82.7 Å². The molecule has 0 radical (unpaired) electrons. The zero-order chi connectivity index (χ0) is 37.6. The van der Waals surface area contributed by atoms with E-state index in [1.807, 2.05) is 45.0 Å². The molecule has 0 aromatic heterocycles. The second-order valence-corrected chi connectivity index (χ2v) is 19.2. The summed E-state index contributed by atoms with van der Waals surface area (Å²) >= 11 is 0. The Morgan fingerprint density at radius 2 is 1.38 bits per heavy atom. The Balaban J connectivity index is 1.38. The molecule has 2 aromatic rings. The number of piperazine rings is 1. The lowest BCUT2D eigenvalue weighted by Gasteiger charge is -2.43. The molecule has 0 unspecified atom stereocenters. The molecule has 2 saturated heterocycles. The highest BCUT2D eigenvalue weighted by Gasteiger charge is 2.38. The number of halogens is 1. The molecule has 3 fully saturated rings. The summed E-state index contributed by atoms with van der Waals surface area (Å²) in [7, 11) is -2.37. The third-order valence-electron chi connectivity index (χ3n) is 11.3. The van der Waals surface area contributed by atoms with Crippen LogP contribution in [-0.2, 0) is 20.2 Å². The van der Waals surface area contributed by atoms with Crippen LogP contribution >= 0.6 is 0 Å². The molecule has 0 bridgehead atoms. The predicted octanol–water partition coefficient (Wildman–Crippen LogP) is 5.35. The molecule has 0 amide bonds. The van der Waals surface area contributed by atoms with E-state index in [2.05, 4.69) is 16.7 Å². The number of methoxy groups -OCH3 is 1. The van der Waals surface area contributed by atoms with Gasteiger partial charge in [0.15, 0.2) is 0 Å². The van der Waals surface area contributed by atoms with Crippen molar-refractivity contribution in [2.24, 2.45) is 11.8 Å². The quantitative estimate of drug-likeness (QED) is 0.338. The monoisotopic (exact) mass is 764 g/mol. The fourth-order valence-corrected chi connectivity index (χ4v) is 11.8. The van der Waals surface area contributed by atoms with Crippen molar-refractivity contribution in [3.63, 3.8) is 0 Å². The van der Waals surface area contributed by atoms with E-state index in [0.717, 1.165) is 24.5 Å². The second kappa shape index (κ2) is 17.8. The molecule has 0 spiro atoms. The fourth-order valence-electron chi connectivity index (χ4n) is 8.31. The first-order valence-electron chi connectivity index (χ1n) is 19.1. The minimum Gasteiger partial charge on any atom is -0.494 e. The van der Waals surface area contributed by atoms with Crippen molar-refractivity contribution in [2.75, 3.05) is 89.9 Å². The molecule has 1 aliphatic carbocycles. The van der Waals surface area contributed by atoms with E-state index in [9.17, 15) is 21.2 Å². The molecule has 52 heavy (non-hydrogen) atoms. The minimum absolute atomic E-state index is 0.181. The summed E-state index contributed by atoms with van der Waals surface area (Å²) in [6.07, 6.45) is 7.57. The Morgan fingerprint density at radius 3 is 2.00 bits per heavy atom. The summed E-state index contributed by atoms with van der Waals surface area (Å²) in [5, 5.41) is 0. The number of hydrogen-bond donors (Lipinski definition) is 0. The normalized spacial score (nSPS) is 24.2. The maximum absolute atomic E-state index is 14.5. The molecule has 292 valence electrons. The van der Waals surface area contributed by atoms with Crippen LogP contribution in [0.15, 0.2) is 47.4 Å². The Kier molecular flexibility index (Phi) is 13.9. The molecule has 2 heterocycles. The Hall–Kier alpha value is -2.49. The number of sulfonamides is 1. The van der Waals surface area contributed by atoms with Crippen molar-refractivity contribution in [3.8, 4) is 5.75 Å². The average Bonchev–Trinajstić information content (AvgIpc) is 3.12. The molecule has 0 N–H and O–H groups in total. The predicted molar refractivity (Wildman–Crippen MR) is 207 cm³/mol. The van der Waals surface area contributed by atoms with Crippen LogP contribution in [0.3, 0.4) is 0 Å².